The Morgan fingerprint density at radius 2 is 1.64 bits per heavy atom. The summed E-state index contributed by atoms with van der Waals surface area (Å²) in [6, 6.07) is -2.34. The molecule has 0 N–H and O–H groups in total. The second kappa shape index (κ2) is 4.53. The molecule has 0 heterocycles. The average molecular weight is 276 g/mol. The Labute approximate surface area is 85.3 Å². The van der Waals surface area contributed by atoms with Crippen molar-refractivity contribution in [3.05, 3.63) is 0 Å². The van der Waals surface area contributed by atoms with Gasteiger partial charge in [0.05, 0.1) is 5.75 Å². The van der Waals surface area contributed by atoms with Gasteiger partial charge in [-0.15, -0.1) is 33.2 Å². The molecule has 0 aliphatic carbocycles. The molecule has 68 valence electrons. The molecule has 0 aliphatic rings. The fraction of sp³-hybridized carbons (Fsp3) is 1.00. The summed E-state index contributed by atoms with van der Waals surface area (Å²) in [6.07, 6.45) is 0.314. The van der Waals surface area contributed by atoms with Crippen molar-refractivity contribution in [2.75, 3.05) is 5.75 Å². The SMILES string of the molecule is O=S(=O)(Cl)CCC[Si](Cl)(Cl)Cl. The summed E-state index contributed by atoms with van der Waals surface area (Å²) >= 11 is 16.5. The van der Waals surface area contributed by atoms with Gasteiger partial charge < -0.3 is 0 Å². The Kier molecular flexibility index (Phi) is 5.08. The molecule has 0 rings (SSSR count). The van der Waals surface area contributed by atoms with Gasteiger partial charge in [-0.05, 0) is 12.5 Å². The van der Waals surface area contributed by atoms with E-state index < -0.39 is 15.1 Å². The molecule has 2 nitrogen and oxygen atoms in total. The van der Waals surface area contributed by atoms with E-state index in [1.807, 2.05) is 0 Å². The van der Waals surface area contributed by atoms with E-state index in [0.717, 1.165) is 0 Å². The molecule has 11 heavy (non-hydrogen) atoms. The van der Waals surface area contributed by atoms with E-state index >= 15 is 0 Å². The first kappa shape index (κ1) is 12.3. The minimum absolute atomic E-state index is 0.129. The molecule has 0 spiro atoms. The predicted octanol–water partition coefficient (Wildman–Crippen LogP) is 2.60. The zero-order valence-electron chi connectivity index (χ0n) is 5.36. The monoisotopic (exact) mass is 274 g/mol. The quantitative estimate of drug-likeness (QED) is 0.449. The van der Waals surface area contributed by atoms with Gasteiger partial charge in [0.1, 0.15) is 0 Å². The third-order valence-electron chi connectivity index (χ3n) is 0.848. The lowest BCUT2D eigenvalue weighted by atomic mass is 10.6. The lowest BCUT2D eigenvalue weighted by Crippen LogP contribution is -2.10. The highest BCUT2D eigenvalue weighted by atomic mass is 35.8. The van der Waals surface area contributed by atoms with Crippen LogP contribution in [0.15, 0.2) is 0 Å². The highest BCUT2D eigenvalue weighted by Gasteiger charge is 2.24. The van der Waals surface area contributed by atoms with Gasteiger partial charge in [-0.3, -0.25) is 0 Å². The topological polar surface area (TPSA) is 34.1 Å². The highest BCUT2D eigenvalue weighted by molar-refractivity contribution is 8.13. The van der Waals surface area contributed by atoms with Crippen molar-refractivity contribution in [2.24, 2.45) is 0 Å². The van der Waals surface area contributed by atoms with Crippen molar-refractivity contribution in [3.8, 4) is 0 Å². The van der Waals surface area contributed by atoms with E-state index in [1.165, 1.54) is 0 Å². The molecule has 0 aromatic heterocycles. The van der Waals surface area contributed by atoms with Crippen molar-refractivity contribution in [2.45, 2.75) is 12.5 Å². The zero-order valence-corrected chi connectivity index (χ0v) is 10.2. The summed E-state index contributed by atoms with van der Waals surface area (Å²) in [6.45, 7) is 0. The number of rotatable bonds is 4. The van der Waals surface area contributed by atoms with Gasteiger partial charge in [-0.1, -0.05) is 0 Å². The molecule has 0 aromatic rings. The molecule has 0 saturated heterocycles. The first-order valence-corrected chi connectivity index (χ1v) is 10.4. The fourth-order valence-corrected chi connectivity index (χ4v) is 3.30. The molecule has 0 atom stereocenters. The molecule has 0 saturated carbocycles. The minimum atomic E-state index is -3.43. The maximum Gasteiger partial charge on any atom is 0.341 e. The van der Waals surface area contributed by atoms with E-state index in [0.29, 0.717) is 12.5 Å². The Morgan fingerprint density at radius 3 is 1.91 bits per heavy atom. The molecule has 8 heteroatoms. The molecular weight excluding hydrogens is 270 g/mol. The number of halogens is 4. The van der Waals surface area contributed by atoms with Crippen LogP contribution in [-0.2, 0) is 9.05 Å². The third-order valence-corrected chi connectivity index (χ3v) is 4.71. The summed E-state index contributed by atoms with van der Waals surface area (Å²) in [5.74, 6) is -0.129. The van der Waals surface area contributed by atoms with Gasteiger partial charge >= 0.3 is 6.00 Å². The Hall–Kier alpha value is 1.33. The largest absolute Gasteiger partial charge is 0.341 e. The molecular formula is C3H6Cl4O2SSi. The second-order valence-electron chi connectivity index (χ2n) is 1.96. The minimum Gasteiger partial charge on any atom is -0.212 e. The average Bonchev–Trinajstić information content (AvgIpc) is 1.55. The van der Waals surface area contributed by atoms with E-state index in [1.54, 1.807) is 0 Å². The van der Waals surface area contributed by atoms with Gasteiger partial charge in [0, 0.05) is 10.7 Å². The molecule has 0 bridgehead atoms. The van der Waals surface area contributed by atoms with Crippen LogP contribution in [0, 0.1) is 0 Å². The summed E-state index contributed by atoms with van der Waals surface area (Å²) in [7, 11) is 1.49. The van der Waals surface area contributed by atoms with Crippen molar-refractivity contribution in [1.82, 2.24) is 0 Å². The lowest BCUT2D eigenvalue weighted by Gasteiger charge is -2.04. The van der Waals surface area contributed by atoms with Crippen LogP contribution in [0.2, 0.25) is 6.04 Å². The van der Waals surface area contributed by atoms with Gasteiger partial charge in [-0.25, -0.2) is 8.42 Å². The maximum atomic E-state index is 10.4. The smallest absolute Gasteiger partial charge is 0.212 e. The standard InChI is InChI=1S/C3H6Cl4O2SSi/c4-10(8,9)2-1-3-11(5,6)7/h1-3H2. The van der Waals surface area contributed by atoms with Crippen molar-refractivity contribution >= 4 is 59.0 Å². The molecule has 0 fully saturated rings. The van der Waals surface area contributed by atoms with Crippen LogP contribution in [0.4, 0.5) is 0 Å². The van der Waals surface area contributed by atoms with Crippen LogP contribution in [0.1, 0.15) is 6.42 Å². The van der Waals surface area contributed by atoms with Gasteiger partial charge in [-0.2, -0.15) is 0 Å². The van der Waals surface area contributed by atoms with E-state index in [9.17, 15) is 8.42 Å². The van der Waals surface area contributed by atoms with E-state index in [4.69, 9.17) is 43.9 Å². The lowest BCUT2D eigenvalue weighted by molar-refractivity contribution is 0.608. The molecule has 0 unspecified atom stereocenters. The zero-order chi connectivity index (χ0) is 9.12. The van der Waals surface area contributed by atoms with Crippen molar-refractivity contribution < 1.29 is 8.42 Å². The Bertz CT molecular complexity index is 208. The molecule has 0 amide bonds. The van der Waals surface area contributed by atoms with E-state index in [-0.39, 0.29) is 5.75 Å². The van der Waals surface area contributed by atoms with Crippen molar-refractivity contribution in [3.63, 3.8) is 0 Å². The van der Waals surface area contributed by atoms with Crippen LogP contribution in [-0.4, -0.2) is 20.2 Å². The van der Waals surface area contributed by atoms with Crippen LogP contribution in [0.3, 0.4) is 0 Å². The molecule has 0 radical (unpaired) electrons. The van der Waals surface area contributed by atoms with Crippen LogP contribution >= 0.6 is 43.9 Å². The van der Waals surface area contributed by atoms with Crippen LogP contribution in [0.5, 0.6) is 0 Å². The van der Waals surface area contributed by atoms with Gasteiger partial charge in [0.25, 0.3) is 0 Å². The molecule has 0 aromatic carbocycles. The Morgan fingerprint density at radius 1 is 1.18 bits per heavy atom. The third kappa shape index (κ3) is 11.3. The van der Waals surface area contributed by atoms with Crippen LogP contribution < -0.4 is 0 Å². The number of hydrogen-bond donors (Lipinski definition) is 0. The maximum absolute atomic E-state index is 10.4. The highest BCUT2D eigenvalue weighted by Crippen LogP contribution is 2.26. The summed E-state index contributed by atoms with van der Waals surface area (Å²) < 4.78 is 20.7. The van der Waals surface area contributed by atoms with E-state index in [2.05, 4.69) is 0 Å². The normalized spacial score (nSPS) is 13.5. The summed E-state index contributed by atoms with van der Waals surface area (Å²) in [5.41, 5.74) is 0. The van der Waals surface area contributed by atoms with Crippen molar-refractivity contribution in [1.29, 1.82) is 0 Å². The molecule has 0 aliphatic heterocycles. The fourth-order valence-electron chi connectivity index (χ4n) is 0.445. The predicted molar refractivity (Wildman–Crippen MR) is 52.4 cm³/mol. The summed E-state index contributed by atoms with van der Waals surface area (Å²) in [5, 5.41) is 0. The summed E-state index contributed by atoms with van der Waals surface area (Å²) in [4.78, 5) is 0. The van der Waals surface area contributed by atoms with Gasteiger partial charge in [0.15, 0.2) is 0 Å². The first-order valence-electron chi connectivity index (χ1n) is 2.70. The second-order valence-corrected chi connectivity index (χ2v) is 14.1. The first-order chi connectivity index (χ1) is 4.71. The van der Waals surface area contributed by atoms with Gasteiger partial charge in [0.2, 0.25) is 9.05 Å². The Balaban J connectivity index is 3.61. The number of hydrogen-bond acceptors (Lipinski definition) is 2. The van der Waals surface area contributed by atoms with Crippen LogP contribution in [0.25, 0.3) is 0 Å².